The molecule has 0 spiro atoms. The molecule has 0 fully saturated rings. The zero-order chi connectivity index (χ0) is 19.0. The Balaban J connectivity index is 1.80. The van der Waals surface area contributed by atoms with Crippen LogP contribution in [0.15, 0.2) is 45.6 Å². The van der Waals surface area contributed by atoms with Crippen molar-refractivity contribution in [2.45, 2.75) is 39.7 Å². The van der Waals surface area contributed by atoms with Crippen LogP contribution in [0.1, 0.15) is 36.5 Å². The first kappa shape index (κ1) is 17.6. The van der Waals surface area contributed by atoms with Crippen molar-refractivity contribution in [2.24, 2.45) is 0 Å². The van der Waals surface area contributed by atoms with Crippen molar-refractivity contribution in [3.63, 3.8) is 0 Å². The van der Waals surface area contributed by atoms with Crippen LogP contribution in [0.4, 0.5) is 10.1 Å². The molecular formula is C22H22FNO3. The Kier molecular flexibility index (Phi) is 4.60. The normalized spacial score (nSPS) is 13.5. The molecule has 1 aliphatic rings. The lowest BCUT2D eigenvalue weighted by molar-refractivity contribution is 0.287. The average Bonchev–Trinajstić information content (AvgIpc) is 2.66. The van der Waals surface area contributed by atoms with Crippen LogP contribution in [0.5, 0.6) is 5.75 Å². The third-order valence-electron chi connectivity index (χ3n) is 5.08. The first-order chi connectivity index (χ1) is 13.1. The minimum Gasteiger partial charge on any atom is -0.472 e. The SMILES string of the molecule is CCCCc1cc(=O)oc2c(C)c3c(cc12)CN(c1cccc(F)c1)CO3. The zero-order valence-electron chi connectivity index (χ0n) is 15.5. The van der Waals surface area contributed by atoms with Gasteiger partial charge in [0.15, 0.2) is 6.73 Å². The van der Waals surface area contributed by atoms with E-state index in [4.69, 9.17) is 9.15 Å². The number of rotatable bonds is 4. The molecule has 0 unspecified atom stereocenters. The topological polar surface area (TPSA) is 42.7 Å². The third-order valence-corrected chi connectivity index (χ3v) is 5.08. The molecule has 0 atom stereocenters. The van der Waals surface area contributed by atoms with Crippen molar-refractivity contribution < 1.29 is 13.5 Å². The molecule has 140 valence electrons. The number of hydrogen-bond acceptors (Lipinski definition) is 4. The number of halogens is 1. The lowest BCUT2D eigenvalue weighted by Gasteiger charge is -2.32. The van der Waals surface area contributed by atoms with Crippen molar-refractivity contribution >= 4 is 16.7 Å². The third kappa shape index (κ3) is 3.29. The van der Waals surface area contributed by atoms with E-state index in [0.717, 1.165) is 52.8 Å². The van der Waals surface area contributed by atoms with Gasteiger partial charge in [-0.05, 0) is 49.6 Å². The highest BCUT2D eigenvalue weighted by Gasteiger charge is 2.23. The molecule has 1 aliphatic heterocycles. The minimum absolute atomic E-state index is 0.267. The Hall–Kier alpha value is -2.82. The second-order valence-corrected chi connectivity index (χ2v) is 7.01. The molecule has 0 bridgehead atoms. The van der Waals surface area contributed by atoms with E-state index in [-0.39, 0.29) is 11.4 Å². The summed E-state index contributed by atoms with van der Waals surface area (Å²) in [7, 11) is 0. The number of aryl methyl sites for hydroxylation is 2. The summed E-state index contributed by atoms with van der Waals surface area (Å²) in [4.78, 5) is 14.0. The molecule has 1 aromatic heterocycles. The number of unbranched alkanes of at least 4 members (excludes halogenated alkanes) is 1. The van der Waals surface area contributed by atoms with E-state index in [2.05, 4.69) is 13.0 Å². The molecule has 3 aromatic rings. The summed E-state index contributed by atoms with van der Waals surface area (Å²) in [6, 6.07) is 10.2. The molecule has 0 saturated heterocycles. The minimum atomic E-state index is -0.325. The number of anilines is 1. The van der Waals surface area contributed by atoms with Gasteiger partial charge in [-0.2, -0.15) is 0 Å². The standard InChI is InChI=1S/C22H22FNO3/c1-3-4-6-15-10-20(25)27-22-14(2)21-16(9-19(15)22)12-24(13-26-21)18-8-5-7-17(23)11-18/h5,7-11H,3-4,6,12-13H2,1-2H3. The van der Waals surface area contributed by atoms with Gasteiger partial charge in [-0.25, -0.2) is 9.18 Å². The Labute approximate surface area is 157 Å². The molecule has 27 heavy (non-hydrogen) atoms. The predicted molar refractivity (Wildman–Crippen MR) is 104 cm³/mol. The van der Waals surface area contributed by atoms with Crippen LogP contribution in [0.2, 0.25) is 0 Å². The van der Waals surface area contributed by atoms with Crippen LogP contribution in [0, 0.1) is 12.7 Å². The average molecular weight is 367 g/mol. The van der Waals surface area contributed by atoms with Crippen LogP contribution in [-0.4, -0.2) is 6.73 Å². The Morgan fingerprint density at radius 1 is 1.22 bits per heavy atom. The maximum atomic E-state index is 13.6. The van der Waals surface area contributed by atoms with E-state index < -0.39 is 0 Å². The van der Waals surface area contributed by atoms with Gasteiger partial charge in [-0.1, -0.05) is 19.4 Å². The molecule has 2 aromatic carbocycles. The molecule has 0 saturated carbocycles. The summed E-state index contributed by atoms with van der Waals surface area (Å²) in [5.41, 5.74) is 3.93. The molecule has 0 N–H and O–H groups in total. The van der Waals surface area contributed by atoms with Crippen LogP contribution >= 0.6 is 0 Å². The second-order valence-electron chi connectivity index (χ2n) is 7.01. The van der Waals surface area contributed by atoms with Crippen molar-refractivity contribution in [3.05, 3.63) is 69.3 Å². The van der Waals surface area contributed by atoms with Gasteiger partial charge >= 0.3 is 5.63 Å². The van der Waals surface area contributed by atoms with E-state index in [1.54, 1.807) is 12.1 Å². The van der Waals surface area contributed by atoms with Crippen LogP contribution in [0.3, 0.4) is 0 Å². The fourth-order valence-electron chi connectivity index (χ4n) is 3.70. The fraction of sp³-hybridized carbons (Fsp3) is 0.318. The first-order valence-electron chi connectivity index (χ1n) is 9.29. The van der Waals surface area contributed by atoms with Crippen molar-refractivity contribution in [1.29, 1.82) is 0 Å². The van der Waals surface area contributed by atoms with Crippen LogP contribution in [0.25, 0.3) is 11.0 Å². The lowest BCUT2D eigenvalue weighted by atomic mass is 9.98. The summed E-state index contributed by atoms with van der Waals surface area (Å²) >= 11 is 0. The molecule has 0 aliphatic carbocycles. The van der Waals surface area contributed by atoms with Gasteiger partial charge in [-0.3, -0.25) is 0 Å². The van der Waals surface area contributed by atoms with Crippen LogP contribution in [-0.2, 0) is 13.0 Å². The lowest BCUT2D eigenvalue weighted by Crippen LogP contribution is -2.32. The highest BCUT2D eigenvalue weighted by atomic mass is 19.1. The van der Waals surface area contributed by atoms with E-state index in [9.17, 15) is 9.18 Å². The van der Waals surface area contributed by atoms with Crippen LogP contribution < -0.4 is 15.3 Å². The van der Waals surface area contributed by atoms with Gasteiger partial charge < -0.3 is 14.1 Å². The van der Waals surface area contributed by atoms with Gasteiger partial charge in [-0.15, -0.1) is 0 Å². The number of hydrogen-bond donors (Lipinski definition) is 0. The molecule has 4 rings (SSSR count). The quantitative estimate of drug-likeness (QED) is 0.613. The number of benzene rings is 2. The number of ether oxygens (including phenoxy) is 1. The Morgan fingerprint density at radius 3 is 2.85 bits per heavy atom. The highest BCUT2D eigenvalue weighted by molar-refractivity contribution is 5.86. The molecule has 0 radical (unpaired) electrons. The van der Waals surface area contributed by atoms with Gasteiger partial charge in [0.2, 0.25) is 0 Å². The van der Waals surface area contributed by atoms with Crippen molar-refractivity contribution in [2.75, 3.05) is 11.6 Å². The summed E-state index contributed by atoms with van der Waals surface area (Å²) < 4.78 is 25.1. The van der Waals surface area contributed by atoms with E-state index >= 15 is 0 Å². The van der Waals surface area contributed by atoms with Gasteiger partial charge in [0.05, 0.1) is 0 Å². The summed E-state index contributed by atoms with van der Waals surface area (Å²) in [6.45, 7) is 4.99. The molecule has 2 heterocycles. The summed E-state index contributed by atoms with van der Waals surface area (Å²) in [5.74, 6) is 0.488. The molecule has 5 heteroatoms. The van der Waals surface area contributed by atoms with Crippen molar-refractivity contribution in [1.82, 2.24) is 0 Å². The van der Waals surface area contributed by atoms with Gasteiger partial charge in [0, 0.05) is 34.8 Å². The van der Waals surface area contributed by atoms with Crippen molar-refractivity contribution in [3.8, 4) is 5.75 Å². The smallest absolute Gasteiger partial charge is 0.336 e. The Bertz CT molecular complexity index is 1060. The fourth-order valence-corrected chi connectivity index (χ4v) is 3.70. The number of nitrogens with zero attached hydrogens (tertiary/aromatic N) is 1. The summed E-state index contributed by atoms with van der Waals surface area (Å²) in [5, 5.41) is 0.962. The monoisotopic (exact) mass is 367 g/mol. The summed E-state index contributed by atoms with van der Waals surface area (Å²) in [6.07, 6.45) is 2.91. The van der Waals surface area contributed by atoms with E-state index in [1.165, 1.54) is 12.1 Å². The largest absolute Gasteiger partial charge is 0.472 e. The van der Waals surface area contributed by atoms with Gasteiger partial charge in [0.1, 0.15) is 17.1 Å². The second kappa shape index (κ2) is 7.06. The predicted octanol–water partition coefficient (Wildman–Crippen LogP) is 4.94. The number of fused-ring (bicyclic) bond motifs is 2. The van der Waals surface area contributed by atoms with E-state index in [1.807, 2.05) is 17.9 Å². The molecule has 4 nitrogen and oxygen atoms in total. The van der Waals surface area contributed by atoms with E-state index in [0.29, 0.717) is 18.9 Å². The first-order valence-corrected chi connectivity index (χ1v) is 9.29. The maximum Gasteiger partial charge on any atom is 0.336 e. The highest BCUT2D eigenvalue weighted by Crippen LogP contribution is 2.37. The Morgan fingerprint density at radius 2 is 2.07 bits per heavy atom. The molecular weight excluding hydrogens is 345 g/mol. The zero-order valence-corrected chi connectivity index (χ0v) is 15.5. The maximum absolute atomic E-state index is 13.6. The van der Waals surface area contributed by atoms with Gasteiger partial charge in [0.25, 0.3) is 0 Å². The molecule has 0 amide bonds.